The second kappa shape index (κ2) is 3.14. The van der Waals surface area contributed by atoms with Crippen LogP contribution in [0.25, 0.3) is 10.9 Å². The Morgan fingerprint density at radius 3 is 2.71 bits per heavy atom. The van der Waals surface area contributed by atoms with Gasteiger partial charge in [0.1, 0.15) is 0 Å². The monoisotopic (exact) mass is 207 g/mol. The van der Waals surface area contributed by atoms with Gasteiger partial charge in [-0.2, -0.15) is 0 Å². The first-order valence-electron chi connectivity index (χ1n) is 4.35. The average molecular weight is 208 g/mol. The Morgan fingerprint density at radius 2 is 2.00 bits per heavy atom. The third-order valence-electron chi connectivity index (χ3n) is 2.41. The van der Waals surface area contributed by atoms with Gasteiger partial charge in [0.2, 0.25) is 0 Å². The molecule has 0 spiro atoms. The minimum atomic E-state index is -0.000720. The van der Waals surface area contributed by atoms with Gasteiger partial charge in [0.25, 0.3) is 5.56 Å². The lowest BCUT2D eigenvalue weighted by Gasteiger charge is -2.06. The SMILES string of the molecule is Cc1cc2c(ccc(=O)n2C)cc1Cl. The van der Waals surface area contributed by atoms with Crippen LogP contribution in [0.5, 0.6) is 0 Å². The Kier molecular flexibility index (Phi) is 2.08. The van der Waals surface area contributed by atoms with Gasteiger partial charge in [-0.1, -0.05) is 11.6 Å². The summed E-state index contributed by atoms with van der Waals surface area (Å²) in [6.07, 6.45) is 0. The maximum Gasteiger partial charge on any atom is 0.250 e. The number of fused-ring (bicyclic) bond motifs is 1. The fourth-order valence-electron chi connectivity index (χ4n) is 1.50. The van der Waals surface area contributed by atoms with Crippen LogP contribution >= 0.6 is 11.6 Å². The number of benzene rings is 1. The summed E-state index contributed by atoms with van der Waals surface area (Å²) in [4.78, 5) is 11.4. The van der Waals surface area contributed by atoms with E-state index >= 15 is 0 Å². The zero-order valence-electron chi connectivity index (χ0n) is 8.04. The highest BCUT2D eigenvalue weighted by Crippen LogP contribution is 2.21. The summed E-state index contributed by atoms with van der Waals surface area (Å²) >= 11 is 5.99. The van der Waals surface area contributed by atoms with E-state index in [1.54, 1.807) is 23.7 Å². The third-order valence-corrected chi connectivity index (χ3v) is 2.81. The molecule has 1 aromatic heterocycles. The molecule has 0 unspecified atom stereocenters. The van der Waals surface area contributed by atoms with Crippen LogP contribution in [0.15, 0.2) is 29.1 Å². The van der Waals surface area contributed by atoms with Gasteiger partial charge >= 0.3 is 0 Å². The molecule has 0 aliphatic carbocycles. The van der Waals surface area contributed by atoms with Crippen molar-refractivity contribution in [1.82, 2.24) is 4.57 Å². The Hall–Kier alpha value is -1.28. The Labute approximate surface area is 86.7 Å². The summed E-state index contributed by atoms with van der Waals surface area (Å²) < 4.78 is 1.62. The van der Waals surface area contributed by atoms with E-state index in [1.807, 2.05) is 19.1 Å². The van der Waals surface area contributed by atoms with E-state index in [-0.39, 0.29) is 5.56 Å². The summed E-state index contributed by atoms with van der Waals surface area (Å²) in [7, 11) is 1.76. The Balaban J connectivity index is 2.97. The number of hydrogen-bond acceptors (Lipinski definition) is 1. The Bertz CT molecular complexity index is 557. The summed E-state index contributed by atoms with van der Waals surface area (Å²) in [5.74, 6) is 0. The van der Waals surface area contributed by atoms with Gasteiger partial charge in [0.15, 0.2) is 0 Å². The van der Waals surface area contributed by atoms with Crippen LogP contribution in [-0.4, -0.2) is 4.57 Å². The summed E-state index contributed by atoms with van der Waals surface area (Å²) in [6, 6.07) is 7.15. The zero-order valence-corrected chi connectivity index (χ0v) is 8.80. The molecular weight excluding hydrogens is 198 g/mol. The molecule has 0 fully saturated rings. The predicted octanol–water partition coefficient (Wildman–Crippen LogP) is 2.50. The van der Waals surface area contributed by atoms with Crippen molar-refractivity contribution in [3.05, 3.63) is 45.2 Å². The lowest BCUT2D eigenvalue weighted by atomic mass is 10.1. The number of hydrogen-bond donors (Lipinski definition) is 0. The normalized spacial score (nSPS) is 10.8. The fourth-order valence-corrected chi connectivity index (χ4v) is 1.67. The van der Waals surface area contributed by atoms with Crippen LogP contribution in [0, 0.1) is 6.92 Å². The number of halogens is 1. The van der Waals surface area contributed by atoms with Crippen molar-refractivity contribution in [3.8, 4) is 0 Å². The van der Waals surface area contributed by atoms with Crippen molar-refractivity contribution < 1.29 is 0 Å². The van der Waals surface area contributed by atoms with E-state index in [0.29, 0.717) is 0 Å². The molecule has 0 saturated carbocycles. The van der Waals surface area contributed by atoms with Crippen molar-refractivity contribution in [3.63, 3.8) is 0 Å². The Morgan fingerprint density at radius 1 is 1.29 bits per heavy atom. The molecule has 2 aromatic rings. The summed E-state index contributed by atoms with van der Waals surface area (Å²) in [5.41, 5.74) is 1.90. The van der Waals surface area contributed by atoms with Crippen molar-refractivity contribution in [1.29, 1.82) is 0 Å². The quantitative estimate of drug-likeness (QED) is 0.651. The third kappa shape index (κ3) is 1.32. The molecular formula is C11H10ClNO. The number of rotatable bonds is 0. The summed E-state index contributed by atoms with van der Waals surface area (Å²) in [6.45, 7) is 1.93. The van der Waals surface area contributed by atoms with E-state index in [0.717, 1.165) is 21.5 Å². The van der Waals surface area contributed by atoms with Crippen molar-refractivity contribution in [2.24, 2.45) is 7.05 Å². The van der Waals surface area contributed by atoms with Gasteiger partial charge in [-0.15, -0.1) is 0 Å². The average Bonchev–Trinajstić information content (AvgIpc) is 2.15. The van der Waals surface area contributed by atoms with E-state index in [2.05, 4.69) is 0 Å². The maximum absolute atomic E-state index is 11.4. The molecule has 3 heteroatoms. The van der Waals surface area contributed by atoms with Crippen LogP contribution in [0.2, 0.25) is 5.02 Å². The number of nitrogens with zero attached hydrogens (tertiary/aromatic N) is 1. The summed E-state index contributed by atoms with van der Waals surface area (Å²) in [5, 5.41) is 1.72. The van der Waals surface area contributed by atoms with Crippen LogP contribution < -0.4 is 5.56 Å². The molecule has 0 bridgehead atoms. The first-order valence-corrected chi connectivity index (χ1v) is 4.73. The molecule has 0 N–H and O–H groups in total. The number of pyridine rings is 1. The fraction of sp³-hybridized carbons (Fsp3) is 0.182. The van der Waals surface area contributed by atoms with Crippen molar-refractivity contribution in [2.75, 3.05) is 0 Å². The van der Waals surface area contributed by atoms with Crippen LogP contribution in [0.1, 0.15) is 5.56 Å². The van der Waals surface area contributed by atoms with E-state index in [9.17, 15) is 4.79 Å². The highest BCUT2D eigenvalue weighted by molar-refractivity contribution is 6.32. The lowest BCUT2D eigenvalue weighted by Crippen LogP contribution is -2.14. The molecule has 2 rings (SSSR count). The molecule has 0 aliphatic rings. The van der Waals surface area contributed by atoms with Crippen LogP contribution in [-0.2, 0) is 7.05 Å². The van der Waals surface area contributed by atoms with Crippen molar-refractivity contribution in [2.45, 2.75) is 6.92 Å². The van der Waals surface area contributed by atoms with Gasteiger partial charge in [0.05, 0.1) is 5.52 Å². The standard InChI is InChI=1S/C11H10ClNO/c1-7-5-10-8(6-9(7)12)3-4-11(14)13(10)2/h3-6H,1-2H3. The van der Waals surface area contributed by atoms with Gasteiger partial charge in [0, 0.05) is 18.1 Å². The topological polar surface area (TPSA) is 22.0 Å². The van der Waals surface area contributed by atoms with Gasteiger partial charge in [-0.05, 0) is 36.1 Å². The van der Waals surface area contributed by atoms with Gasteiger partial charge in [-0.25, -0.2) is 0 Å². The second-order valence-corrected chi connectivity index (χ2v) is 3.80. The highest BCUT2D eigenvalue weighted by atomic mass is 35.5. The number of aromatic nitrogens is 1. The molecule has 0 atom stereocenters. The molecule has 1 aromatic carbocycles. The molecule has 0 radical (unpaired) electrons. The maximum atomic E-state index is 11.4. The molecule has 0 amide bonds. The van der Waals surface area contributed by atoms with E-state index < -0.39 is 0 Å². The lowest BCUT2D eigenvalue weighted by molar-refractivity contribution is 0.905. The molecule has 72 valence electrons. The molecule has 0 aliphatic heterocycles. The molecule has 14 heavy (non-hydrogen) atoms. The zero-order chi connectivity index (χ0) is 10.3. The number of aryl methyl sites for hydroxylation is 2. The second-order valence-electron chi connectivity index (χ2n) is 3.39. The minimum absolute atomic E-state index is 0.000720. The van der Waals surface area contributed by atoms with Gasteiger partial charge in [-0.3, -0.25) is 4.79 Å². The smallest absolute Gasteiger partial charge is 0.250 e. The first-order chi connectivity index (χ1) is 6.59. The van der Waals surface area contributed by atoms with Gasteiger partial charge < -0.3 is 4.57 Å². The molecule has 0 saturated heterocycles. The largest absolute Gasteiger partial charge is 0.311 e. The highest BCUT2D eigenvalue weighted by Gasteiger charge is 2.02. The van der Waals surface area contributed by atoms with E-state index in [1.165, 1.54) is 0 Å². The molecule has 1 heterocycles. The predicted molar refractivity (Wildman–Crippen MR) is 58.9 cm³/mol. The van der Waals surface area contributed by atoms with Crippen LogP contribution in [0.4, 0.5) is 0 Å². The van der Waals surface area contributed by atoms with Crippen molar-refractivity contribution >= 4 is 22.5 Å². The molecule has 2 nitrogen and oxygen atoms in total. The first kappa shape index (κ1) is 9.28. The van der Waals surface area contributed by atoms with E-state index in [4.69, 9.17) is 11.6 Å². The van der Waals surface area contributed by atoms with Crippen LogP contribution in [0.3, 0.4) is 0 Å². The minimum Gasteiger partial charge on any atom is -0.311 e.